The fraction of sp³-hybridized carbons (Fsp3) is 0.188. The number of benzene rings is 1. The van der Waals surface area contributed by atoms with E-state index in [2.05, 4.69) is 52.0 Å². The van der Waals surface area contributed by atoms with Gasteiger partial charge in [-0.3, -0.25) is 0 Å². The first-order chi connectivity index (χ1) is 9.28. The zero-order valence-corrected chi connectivity index (χ0v) is 11.0. The Morgan fingerprint density at radius 1 is 1.11 bits per heavy atom. The molecule has 0 amide bonds. The van der Waals surface area contributed by atoms with Gasteiger partial charge in [-0.15, -0.1) is 0 Å². The van der Waals surface area contributed by atoms with Crippen molar-refractivity contribution in [3.63, 3.8) is 0 Å². The molecule has 0 radical (unpaired) electrons. The summed E-state index contributed by atoms with van der Waals surface area (Å²) in [7, 11) is 1.99. The largest absolute Gasteiger partial charge is 0.395 e. The SMILES string of the molecule is CN(CCO)c1ccc2c[n+]3ccccc3cc2c1. The lowest BCUT2D eigenvalue weighted by atomic mass is 10.1. The summed E-state index contributed by atoms with van der Waals surface area (Å²) in [5, 5.41) is 11.4. The number of hydrogen-bond acceptors (Lipinski definition) is 2. The van der Waals surface area contributed by atoms with Gasteiger partial charge in [0.1, 0.15) is 0 Å². The highest BCUT2D eigenvalue weighted by molar-refractivity contribution is 5.86. The number of pyridine rings is 2. The Morgan fingerprint density at radius 2 is 2.00 bits per heavy atom. The Morgan fingerprint density at radius 3 is 2.84 bits per heavy atom. The van der Waals surface area contributed by atoms with Crippen molar-refractivity contribution < 1.29 is 9.51 Å². The van der Waals surface area contributed by atoms with Crippen LogP contribution in [-0.2, 0) is 0 Å². The average Bonchev–Trinajstić information content (AvgIpc) is 2.44. The first-order valence-corrected chi connectivity index (χ1v) is 6.44. The molecule has 0 saturated heterocycles. The second-order valence-corrected chi connectivity index (χ2v) is 4.76. The van der Waals surface area contributed by atoms with Gasteiger partial charge >= 0.3 is 0 Å². The third-order valence-corrected chi connectivity index (χ3v) is 3.45. The number of aliphatic hydroxyl groups is 1. The molecular formula is C16H17N2O+. The van der Waals surface area contributed by atoms with Crippen molar-refractivity contribution in [2.24, 2.45) is 0 Å². The van der Waals surface area contributed by atoms with E-state index in [-0.39, 0.29) is 6.61 Å². The number of aromatic nitrogens is 1. The Balaban J connectivity index is 2.14. The van der Waals surface area contributed by atoms with E-state index in [1.807, 2.05) is 19.2 Å². The van der Waals surface area contributed by atoms with Crippen LogP contribution in [-0.4, -0.2) is 25.3 Å². The van der Waals surface area contributed by atoms with Crippen LogP contribution in [0.3, 0.4) is 0 Å². The Bertz CT molecular complexity index is 724. The molecule has 1 N–H and O–H groups in total. The quantitative estimate of drug-likeness (QED) is 0.571. The maximum Gasteiger partial charge on any atom is 0.211 e. The van der Waals surface area contributed by atoms with Crippen LogP contribution in [0.1, 0.15) is 0 Å². The maximum atomic E-state index is 9.01. The van der Waals surface area contributed by atoms with Gasteiger partial charge in [-0.05, 0) is 29.7 Å². The van der Waals surface area contributed by atoms with E-state index >= 15 is 0 Å². The fourth-order valence-corrected chi connectivity index (χ4v) is 2.34. The molecular weight excluding hydrogens is 236 g/mol. The van der Waals surface area contributed by atoms with Crippen LogP contribution in [0.2, 0.25) is 0 Å². The molecule has 3 heteroatoms. The van der Waals surface area contributed by atoms with E-state index in [9.17, 15) is 0 Å². The molecule has 2 aromatic heterocycles. The van der Waals surface area contributed by atoms with Crippen molar-refractivity contribution in [1.29, 1.82) is 0 Å². The summed E-state index contributed by atoms with van der Waals surface area (Å²) in [6.45, 7) is 0.815. The predicted molar refractivity (Wildman–Crippen MR) is 77.5 cm³/mol. The van der Waals surface area contributed by atoms with Crippen molar-refractivity contribution in [3.05, 3.63) is 54.9 Å². The highest BCUT2D eigenvalue weighted by Gasteiger charge is 2.06. The molecule has 0 unspecified atom stereocenters. The van der Waals surface area contributed by atoms with Crippen molar-refractivity contribution in [2.75, 3.05) is 25.1 Å². The standard InChI is InChI=1S/C16H17N2O/c1-17(8-9-19)15-6-5-13-12-18-7-3-2-4-16(18)11-14(13)10-15/h2-7,10-12,19H,8-9H2,1H3/q+1. The van der Waals surface area contributed by atoms with Gasteiger partial charge < -0.3 is 10.0 Å². The summed E-state index contributed by atoms with van der Waals surface area (Å²) in [6.07, 6.45) is 4.20. The summed E-state index contributed by atoms with van der Waals surface area (Å²) in [6, 6.07) is 14.7. The zero-order valence-electron chi connectivity index (χ0n) is 11.0. The van der Waals surface area contributed by atoms with Gasteiger partial charge in [0.05, 0.1) is 6.61 Å². The molecule has 1 aromatic carbocycles. The molecule has 3 aromatic rings. The Hall–Kier alpha value is -2.13. The maximum absolute atomic E-state index is 9.01. The topological polar surface area (TPSA) is 27.6 Å². The second kappa shape index (κ2) is 4.86. The number of likely N-dealkylation sites (N-methyl/N-ethyl adjacent to an activating group) is 1. The summed E-state index contributed by atoms with van der Waals surface area (Å²) in [5.41, 5.74) is 2.30. The van der Waals surface area contributed by atoms with Gasteiger partial charge in [-0.1, -0.05) is 0 Å². The lowest BCUT2D eigenvalue weighted by molar-refractivity contribution is -0.510. The minimum Gasteiger partial charge on any atom is -0.395 e. The van der Waals surface area contributed by atoms with Crippen LogP contribution in [0.4, 0.5) is 5.69 Å². The molecule has 19 heavy (non-hydrogen) atoms. The summed E-state index contributed by atoms with van der Waals surface area (Å²) >= 11 is 0. The smallest absolute Gasteiger partial charge is 0.211 e. The Kier molecular flexibility index (Phi) is 3.05. The van der Waals surface area contributed by atoms with Crippen molar-refractivity contribution in [1.82, 2.24) is 0 Å². The Labute approximate surface area is 112 Å². The number of rotatable bonds is 3. The van der Waals surface area contributed by atoms with Crippen LogP contribution in [0.15, 0.2) is 54.9 Å². The van der Waals surface area contributed by atoms with E-state index in [1.165, 1.54) is 16.3 Å². The number of hydrogen-bond donors (Lipinski definition) is 1. The van der Waals surface area contributed by atoms with Gasteiger partial charge in [-0.2, -0.15) is 4.40 Å². The van der Waals surface area contributed by atoms with Gasteiger partial charge in [0.25, 0.3) is 0 Å². The first-order valence-electron chi connectivity index (χ1n) is 6.44. The van der Waals surface area contributed by atoms with Gasteiger partial charge in [0.15, 0.2) is 12.4 Å². The van der Waals surface area contributed by atoms with E-state index in [0.717, 1.165) is 5.69 Å². The monoisotopic (exact) mass is 253 g/mol. The van der Waals surface area contributed by atoms with E-state index in [1.54, 1.807) is 0 Å². The van der Waals surface area contributed by atoms with Gasteiger partial charge in [0, 0.05) is 42.9 Å². The molecule has 0 aliphatic carbocycles. The predicted octanol–water partition coefficient (Wildman–Crippen LogP) is 2.01. The molecule has 0 aliphatic heterocycles. The minimum absolute atomic E-state index is 0.169. The molecule has 0 spiro atoms. The second-order valence-electron chi connectivity index (χ2n) is 4.76. The molecule has 0 atom stereocenters. The lowest BCUT2D eigenvalue weighted by Gasteiger charge is -2.18. The van der Waals surface area contributed by atoms with Crippen molar-refractivity contribution >= 4 is 22.0 Å². The number of nitrogens with zero attached hydrogens (tertiary/aromatic N) is 2. The molecule has 96 valence electrons. The molecule has 2 heterocycles. The molecule has 3 rings (SSSR count). The molecule has 0 saturated carbocycles. The summed E-state index contributed by atoms with van der Waals surface area (Å²) in [4.78, 5) is 2.06. The average molecular weight is 253 g/mol. The third kappa shape index (κ3) is 2.25. The van der Waals surface area contributed by atoms with Crippen LogP contribution in [0.25, 0.3) is 16.3 Å². The fourth-order valence-electron chi connectivity index (χ4n) is 2.34. The third-order valence-electron chi connectivity index (χ3n) is 3.45. The minimum atomic E-state index is 0.169. The van der Waals surface area contributed by atoms with Crippen molar-refractivity contribution in [2.45, 2.75) is 0 Å². The first kappa shape index (κ1) is 11.9. The van der Waals surface area contributed by atoms with E-state index < -0.39 is 0 Å². The highest BCUT2D eigenvalue weighted by Crippen LogP contribution is 2.21. The van der Waals surface area contributed by atoms with Crippen LogP contribution in [0.5, 0.6) is 0 Å². The van der Waals surface area contributed by atoms with Gasteiger partial charge in [0.2, 0.25) is 5.52 Å². The zero-order chi connectivity index (χ0) is 13.2. The van der Waals surface area contributed by atoms with Crippen LogP contribution in [0, 0.1) is 0 Å². The van der Waals surface area contributed by atoms with E-state index in [0.29, 0.717) is 6.54 Å². The lowest BCUT2D eigenvalue weighted by Crippen LogP contribution is -2.21. The molecule has 0 fully saturated rings. The van der Waals surface area contributed by atoms with Crippen molar-refractivity contribution in [3.8, 4) is 0 Å². The number of anilines is 1. The molecule has 3 nitrogen and oxygen atoms in total. The van der Waals surface area contributed by atoms with E-state index in [4.69, 9.17) is 5.11 Å². The molecule has 0 aliphatic rings. The number of fused-ring (bicyclic) bond motifs is 2. The molecule has 0 bridgehead atoms. The summed E-state index contributed by atoms with van der Waals surface area (Å²) in [5.74, 6) is 0. The number of aliphatic hydroxyl groups excluding tert-OH is 1. The summed E-state index contributed by atoms with van der Waals surface area (Å²) < 4.78 is 2.12. The highest BCUT2D eigenvalue weighted by atomic mass is 16.3. The van der Waals surface area contributed by atoms with Gasteiger partial charge in [-0.25, -0.2) is 0 Å². The van der Waals surface area contributed by atoms with Crippen LogP contribution < -0.4 is 9.30 Å². The normalized spacial score (nSPS) is 11.1. The van der Waals surface area contributed by atoms with Crippen LogP contribution >= 0.6 is 0 Å².